The summed E-state index contributed by atoms with van der Waals surface area (Å²) in [6.07, 6.45) is 8.92. The Hall–Kier alpha value is -1.09. The van der Waals surface area contributed by atoms with E-state index >= 15 is 0 Å². The van der Waals surface area contributed by atoms with Gasteiger partial charge in [-0.25, -0.2) is 0 Å². The van der Waals surface area contributed by atoms with E-state index in [4.69, 9.17) is 4.74 Å². The molecule has 1 aromatic heterocycles. The van der Waals surface area contributed by atoms with Crippen molar-refractivity contribution in [3.8, 4) is 5.75 Å². The molecule has 1 atom stereocenters. The number of nitrogens with one attached hydrogen (secondary N) is 1. The van der Waals surface area contributed by atoms with Crippen LogP contribution in [0.4, 0.5) is 0 Å². The van der Waals surface area contributed by atoms with E-state index in [9.17, 15) is 0 Å². The van der Waals surface area contributed by atoms with E-state index in [-0.39, 0.29) is 6.10 Å². The molecule has 0 amide bonds. The Kier molecular flexibility index (Phi) is 8.36. The van der Waals surface area contributed by atoms with Gasteiger partial charge in [0.05, 0.1) is 12.3 Å². The maximum absolute atomic E-state index is 5.79. The van der Waals surface area contributed by atoms with Crippen LogP contribution in [0, 0.1) is 5.92 Å². The SMILES string of the molecule is CCCC(CCC)C(NCC)c1cncc(OC(C)C)c1. The molecule has 3 heteroatoms. The Morgan fingerprint density at radius 1 is 1.10 bits per heavy atom. The van der Waals surface area contributed by atoms with Crippen LogP contribution >= 0.6 is 0 Å². The van der Waals surface area contributed by atoms with Crippen molar-refractivity contribution in [1.29, 1.82) is 0 Å². The van der Waals surface area contributed by atoms with Gasteiger partial charge in [-0.15, -0.1) is 0 Å². The highest BCUT2D eigenvalue weighted by atomic mass is 16.5. The average molecular weight is 292 g/mol. The van der Waals surface area contributed by atoms with Crippen LogP contribution in [-0.2, 0) is 0 Å². The highest BCUT2D eigenvalue weighted by Crippen LogP contribution is 2.31. The van der Waals surface area contributed by atoms with Gasteiger partial charge in [-0.3, -0.25) is 4.98 Å². The molecule has 0 aliphatic carbocycles. The number of hydrogen-bond donors (Lipinski definition) is 1. The Morgan fingerprint density at radius 3 is 2.29 bits per heavy atom. The van der Waals surface area contributed by atoms with Gasteiger partial charge in [0.1, 0.15) is 5.75 Å². The first kappa shape index (κ1) is 18.0. The monoisotopic (exact) mass is 292 g/mol. The first-order valence-corrected chi connectivity index (χ1v) is 8.47. The molecular weight excluding hydrogens is 260 g/mol. The van der Waals surface area contributed by atoms with E-state index in [1.807, 2.05) is 20.0 Å². The lowest BCUT2D eigenvalue weighted by molar-refractivity contribution is 0.240. The highest BCUT2D eigenvalue weighted by molar-refractivity contribution is 5.26. The molecule has 1 rings (SSSR count). The fourth-order valence-electron chi connectivity index (χ4n) is 2.94. The summed E-state index contributed by atoms with van der Waals surface area (Å²) in [5.41, 5.74) is 1.25. The minimum atomic E-state index is 0.182. The first-order chi connectivity index (χ1) is 10.1. The van der Waals surface area contributed by atoms with E-state index in [0.717, 1.165) is 12.3 Å². The fourth-order valence-corrected chi connectivity index (χ4v) is 2.94. The third-order valence-corrected chi connectivity index (χ3v) is 3.68. The van der Waals surface area contributed by atoms with Crippen molar-refractivity contribution >= 4 is 0 Å². The van der Waals surface area contributed by atoms with Crippen LogP contribution in [0.15, 0.2) is 18.5 Å². The number of rotatable bonds is 10. The van der Waals surface area contributed by atoms with Crippen molar-refractivity contribution in [1.82, 2.24) is 10.3 Å². The van der Waals surface area contributed by atoms with Gasteiger partial charge >= 0.3 is 0 Å². The molecule has 1 aromatic rings. The lowest BCUT2D eigenvalue weighted by atomic mass is 9.86. The second-order valence-electron chi connectivity index (χ2n) is 5.99. The third kappa shape index (κ3) is 6.04. The second kappa shape index (κ2) is 9.78. The molecule has 1 heterocycles. The zero-order chi connectivity index (χ0) is 15.7. The van der Waals surface area contributed by atoms with Crippen molar-refractivity contribution in [3.05, 3.63) is 24.0 Å². The Morgan fingerprint density at radius 2 is 1.76 bits per heavy atom. The second-order valence-corrected chi connectivity index (χ2v) is 5.99. The summed E-state index contributed by atoms with van der Waals surface area (Å²) in [6, 6.07) is 2.52. The van der Waals surface area contributed by atoms with Crippen LogP contribution < -0.4 is 10.1 Å². The van der Waals surface area contributed by atoms with Crippen LogP contribution in [0.2, 0.25) is 0 Å². The van der Waals surface area contributed by atoms with Crippen LogP contribution in [0.1, 0.15) is 71.9 Å². The van der Waals surface area contributed by atoms with Crippen molar-refractivity contribution in [2.45, 2.75) is 72.4 Å². The molecule has 0 bridgehead atoms. The molecule has 0 aromatic carbocycles. The average Bonchev–Trinajstić information content (AvgIpc) is 2.44. The molecule has 1 unspecified atom stereocenters. The van der Waals surface area contributed by atoms with Crippen LogP contribution in [0.25, 0.3) is 0 Å². The van der Waals surface area contributed by atoms with Crippen molar-refractivity contribution in [2.24, 2.45) is 5.92 Å². The summed E-state index contributed by atoms with van der Waals surface area (Å²) in [5.74, 6) is 1.54. The van der Waals surface area contributed by atoms with Crippen molar-refractivity contribution in [3.63, 3.8) is 0 Å². The highest BCUT2D eigenvalue weighted by Gasteiger charge is 2.22. The molecule has 0 fully saturated rings. The minimum Gasteiger partial charge on any atom is -0.489 e. The molecule has 3 nitrogen and oxygen atoms in total. The maximum atomic E-state index is 5.79. The Labute approximate surface area is 130 Å². The topological polar surface area (TPSA) is 34.2 Å². The number of aromatic nitrogens is 1. The van der Waals surface area contributed by atoms with Crippen molar-refractivity contribution < 1.29 is 4.74 Å². The zero-order valence-electron chi connectivity index (χ0n) is 14.4. The smallest absolute Gasteiger partial charge is 0.138 e. The van der Waals surface area contributed by atoms with E-state index in [1.165, 1.54) is 31.2 Å². The summed E-state index contributed by atoms with van der Waals surface area (Å²) in [4.78, 5) is 4.38. The predicted octanol–water partition coefficient (Wildman–Crippen LogP) is 4.74. The fraction of sp³-hybridized carbons (Fsp3) is 0.722. The molecule has 0 saturated carbocycles. The summed E-state index contributed by atoms with van der Waals surface area (Å²) >= 11 is 0. The summed E-state index contributed by atoms with van der Waals surface area (Å²) in [7, 11) is 0. The lowest BCUT2D eigenvalue weighted by Crippen LogP contribution is -2.28. The maximum Gasteiger partial charge on any atom is 0.138 e. The molecule has 0 spiro atoms. The van der Waals surface area contributed by atoms with E-state index in [2.05, 4.69) is 37.1 Å². The normalized spacial score (nSPS) is 12.9. The first-order valence-electron chi connectivity index (χ1n) is 8.47. The molecule has 0 aliphatic heterocycles. The van der Waals surface area contributed by atoms with E-state index < -0.39 is 0 Å². The van der Waals surface area contributed by atoms with Gasteiger partial charge in [-0.2, -0.15) is 0 Å². The standard InChI is InChI=1S/C18H32N2O/c1-6-9-15(10-7-2)18(20-8-3)16-11-17(13-19-12-16)21-14(4)5/h11-15,18,20H,6-10H2,1-5H3. The number of pyridine rings is 1. The third-order valence-electron chi connectivity index (χ3n) is 3.68. The molecular formula is C18H32N2O. The molecule has 0 radical (unpaired) electrons. The summed E-state index contributed by atoms with van der Waals surface area (Å²) in [6.45, 7) is 11.8. The molecule has 0 saturated heterocycles. The lowest BCUT2D eigenvalue weighted by Gasteiger charge is -2.28. The zero-order valence-corrected chi connectivity index (χ0v) is 14.4. The van der Waals surface area contributed by atoms with Crippen LogP contribution in [0.3, 0.4) is 0 Å². The van der Waals surface area contributed by atoms with Gasteiger partial charge < -0.3 is 10.1 Å². The number of nitrogens with zero attached hydrogens (tertiary/aromatic N) is 1. The van der Waals surface area contributed by atoms with Gasteiger partial charge in [-0.05, 0) is 50.8 Å². The van der Waals surface area contributed by atoms with Gasteiger partial charge in [0.2, 0.25) is 0 Å². The molecule has 120 valence electrons. The number of hydrogen-bond acceptors (Lipinski definition) is 3. The summed E-state index contributed by atoms with van der Waals surface area (Å²) in [5, 5.41) is 3.65. The van der Waals surface area contributed by atoms with E-state index in [0.29, 0.717) is 12.0 Å². The van der Waals surface area contributed by atoms with Gasteiger partial charge in [0.25, 0.3) is 0 Å². The van der Waals surface area contributed by atoms with E-state index in [1.54, 1.807) is 6.20 Å². The summed E-state index contributed by atoms with van der Waals surface area (Å²) < 4.78 is 5.79. The Balaban J connectivity index is 2.96. The molecule has 1 N–H and O–H groups in total. The Bertz CT molecular complexity index is 387. The molecule has 21 heavy (non-hydrogen) atoms. The van der Waals surface area contributed by atoms with Gasteiger partial charge in [0.15, 0.2) is 0 Å². The quantitative estimate of drug-likeness (QED) is 0.676. The number of ether oxygens (including phenoxy) is 1. The predicted molar refractivity (Wildman–Crippen MR) is 89.7 cm³/mol. The van der Waals surface area contributed by atoms with Crippen molar-refractivity contribution in [2.75, 3.05) is 6.54 Å². The largest absolute Gasteiger partial charge is 0.489 e. The minimum absolute atomic E-state index is 0.182. The van der Waals surface area contributed by atoms with Crippen LogP contribution in [0.5, 0.6) is 5.75 Å². The van der Waals surface area contributed by atoms with Crippen LogP contribution in [-0.4, -0.2) is 17.6 Å². The van der Waals surface area contributed by atoms with Gasteiger partial charge in [0, 0.05) is 12.2 Å². The van der Waals surface area contributed by atoms with Gasteiger partial charge in [-0.1, -0.05) is 33.6 Å². The molecule has 0 aliphatic rings.